The Labute approximate surface area is 119 Å². The van der Waals surface area contributed by atoms with Gasteiger partial charge in [-0.2, -0.15) is 0 Å². The van der Waals surface area contributed by atoms with Gasteiger partial charge in [0.25, 0.3) is 0 Å². The molecule has 0 radical (unpaired) electrons. The van der Waals surface area contributed by atoms with Gasteiger partial charge in [-0.3, -0.25) is 14.5 Å². The van der Waals surface area contributed by atoms with Crippen LogP contribution in [0.1, 0.15) is 32.1 Å². The van der Waals surface area contributed by atoms with E-state index in [0.717, 1.165) is 25.8 Å². The van der Waals surface area contributed by atoms with Crippen LogP contribution in [0.5, 0.6) is 0 Å². The summed E-state index contributed by atoms with van der Waals surface area (Å²) in [4.78, 5) is 26.7. The van der Waals surface area contributed by atoms with Gasteiger partial charge in [-0.25, -0.2) is 0 Å². The zero-order valence-corrected chi connectivity index (χ0v) is 11.9. The van der Waals surface area contributed by atoms with Gasteiger partial charge in [-0.15, -0.1) is 0 Å². The van der Waals surface area contributed by atoms with Crippen LogP contribution in [0.25, 0.3) is 0 Å². The van der Waals surface area contributed by atoms with Crippen molar-refractivity contribution in [1.29, 1.82) is 0 Å². The maximum atomic E-state index is 12.0. The highest BCUT2D eigenvalue weighted by Gasteiger charge is 2.28. The fourth-order valence-electron chi connectivity index (χ4n) is 2.56. The Morgan fingerprint density at radius 3 is 2.45 bits per heavy atom. The van der Waals surface area contributed by atoms with Crippen molar-refractivity contribution in [2.24, 2.45) is 0 Å². The first-order chi connectivity index (χ1) is 9.66. The van der Waals surface area contributed by atoms with Gasteiger partial charge < -0.3 is 14.7 Å². The zero-order chi connectivity index (χ0) is 14.4. The molecule has 114 valence electrons. The number of carbonyl (C=O) groups is 2. The number of carbonyl (C=O) groups excluding carboxylic acids is 1. The highest BCUT2D eigenvalue weighted by atomic mass is 16.5. The van der Waals surface area contributed by atoms with Crippen LogP contribution in [0.15, 0.2) is 0 Å². The van der Waals surface area contributed by atoms with Crippen molar-refractivity contribution in [3.63, 3.8) is 0 Å². The van der Waals surface area contributed by atoms with E-state index in [1.54, 1.807) is 0 Å². The lowest BCUT2D eigenvalue weighted by atomic mass is 10.2. The molecule has 2 fully saturated rings. The lowest BCUT2D eigenvalue weighted by molar-refractivity contribution is -0.138. The van der Waals surface area contributed by atoms with Gasteiger partial charge in [-0.05, 0) is 25.8 Å². The molecule has 0 aromatic rings. The van der Waals surface area contributed by atoms with Crippen LogP contribution in [-0.4, -0.2) is 72.2 Å². The Kier molecular flexibility index (Phi) is 5.79. The van der Waals surface area contributed by atoms with E-state index >= 15 is 0 Å². The predicted molar refractivity (Wildman–Crippen MR) is 73.5 cm³/mol. The Morgan fingerprint density at radius 2 is 1.85 bits per heavy atom. The zero-order valence-electron chi connectivity index (χ0n) is 11.9. The van der Waals surface area contributed by atoms with E-state index in [1.165, 1.54) is 0 Å². The Hall–Kier alpha value is -1.14. The molecular weight excluding hydrogens is 260 g/mol. The number of rotatable bonds is 8. The van der Waals surface area contributed by atoms with E-state index in [4.69, 9.17) is 9.84 Å². The van der Waals surface area contributed by atoms with Gasteiger partial charge in [0.2, 0.25) is 5.91 Å². The number of nitrogens with zero attached hydrogens (tertiary/aromatic N) is 2. The standard InChI is InChI=1S/C14H24N2O4/c17-13(16-8-10-20-11-9-16)2-1-6-15(12-3-4-12)7-5-14(18)19/h12H,1-11H2,(H,18,19). The summed E-state index contributed by atoms with van der Waals surface area (Å²) in [5.41, 5.74) is 0. The second-order valence-electron chi connectivity index (χ2n) is 5.51. The van der Waals surface area contributed by atoms with Crippen molar-refractivity contribution in [2.75, 3.05) is 39.4 Å². The summed E-state index contributed by atoms with van der Waals surface area (Å²) in [7, 11) is 0. The van der Waals surface area contributed by atoms with Crippen molar-refractivity contribution in [3.8, 4) is 0 Å². The highest BCUT2D eigenvalue weighted by molar-refractivity contribution is 5.76. The molecule has 1 aliphatic heterocycles. The SMILES string of the molecule is O=C(O)CCN(CCCC(=O)N1CCOCC1)C1CC1. The topological polar surface area (TPSA) is 70.1 Å². The highest BCUT2D eigenvalue weighted by Crippen LogP contribution is 2.27. The van der Waals surface area contributed by atoms with Crippen LogP contribution in [0.4, 0.5) is 0 Å². The Balaban J connectivity index is 1.64. The van der Waals surface area contributed by atoms with E-state index in [1.807, 2.05) is 4.90 Å². The van der Waals surface area contributed by atoms with Gasteiger partial charge in [0.05, 0.1) is 19.6 Å². The second-order valence-corrected chi connectivity index (χ2v) is 5.51. The van der Waals surface area contributed by atoms with Crippen molar-refractivity contribution in [2.45, 2.75) is 38.1 Å². The Bertz CT molecular complexity index is 338. The number of carboxylic acids is 1. The fraction of sp³-hybridized carbons (Fsp3) is 0.857. The molecule has 6 nitrogen and oxygen atoms in total. The number of hydrogen-bond acceptors (Lipinski definition) is 4. The lowest BCUT2D eigenvalue weighted by Crippen LogP contribution is -2.41. The maximum absolute atomic E-state index is 12.0. The van der Waals surface area contributed by atoms with E-state index in [2.05, 4.69) is 4.90 Å². The average Bonchev–Trinajstić information content (AvgIpc) is 3.27. The summed E-state index contributed by atoms with van der Waals surface area (Å²) >= 11 is 0. The Morgan fingerprint density at radius 1 is 1.15 bits per heavy atom. The minimum atomic E-state index is -0.750. The van der Waals surface area contributed by atoms with Crippen molar-refractivity contribution in [3.05, 3.63) is 0 Å². The van der Waals surface area contributed by atoms with Crippen LogP contribution in [0.3, 0.4) is 0 Å². The van der Waals surface area contributed by atoms with E-state index in [0.29, 0.717) is 45.3 Å². The molecule has 0 bridgehead atoms. The molecule has 0 unspecified atom stereocenters. The smallest absolute Gasteiger partial charge is 0.304 e. The molecule has 0 aromatic carbocycles. The molecule has 2 aliphatic rings. The first-order valence-electron chi connectivity index (χ1n) is 7.48. The molecule has 0 atom stereocenters. The number of amides is 1. The molecule has 2 rings (SSSR count). The van der Waals surface area contributed by atoms with Gasteiger partial charge >= 0.3 is 5.97 Å². The number of carboxylic acid groups (broad SMARTS) is 1. The van der Waals surface area contributed by atoms with Gasteiger partial charge in [0, 0.05) is 32.1 Å². The number of morpholine rings is 1. The molecule has 1 saturated carbocycles. The van der Waals surface area contributed by atoms with Crippen LogP contribution >= 0.6 is 0 Å². The van der Waals surface area contributed by atoms with E-state index in [9.17, 15) is 9.59 Å². The van der Waals surface area contributed by atoms with Gasteiger partial charge in [0.1, 0.15) is 0 Å². The van der Waals surface area contributed by atoms with Crippen LogP contribution in [0, 0.1) is 0 Å². The third-order valence-corrected chi connectivity index (χ3v) is 3.88. The molecule has 1 amide bonds. The van der Waals surface area contributed by atoms with Gasteiger partial charge in [0.15, 0.2) is 0 Å². The normalized spacial score (nSPS) is 19.4. The summed E-state index contributed by atoms with van der Waals surface area (Å²) < 4.78 is 5.23. The molecule has 0 spiro atoms. The molecule has 1 aliphatic carbocycles. The molecule has 20 heavy (non-hydrogen) atoms. The second kappa shape index (κ2) is 7.59. The number of ether oxygens (including phenoxy) is 1. The monoisotopic (exact) mass is 284 g/mol. The van der Waals surface area contributed by atoms with Crippen molar-refractivity contribution in [1.82, 2.24) is 9.80 Å². The maximum Gasteiger partial charge on any atom is 0.304 e. The fourth-order valence-corrected chi connectivity index (χ4v) is 2.56. The first kappa shape index (κ1) is 15.3. The molecule has 1 saturated heterocycles. The molecule has 1 N–H and O–H groups in total. The average molecular weight is 284 g/mol. The third-order valence-electron chi connectivity index (χ3n) is 3.88. The summed E-state index contributed by atoms with van der Waals surface area (Å²) in [6.07, 6.45) is 3.88. The summed E-state index contributed by atoms with van der Waals surface area (Å²) in [5.74, 6) is -0.553. The molecule has 0 aromatic heterocycles. The largest absolute Gasteiger partial charge is 0.481 e. The van der Waals surface area contributed by atoms with Crippen LogP contribution in [-0.2, 0) is 14.3 Å². The van der Waals surface area contributed by atoms with E-state index in [-0.39, 0.29) is 12.3 Å². The number of hydrogen-bond donors (Lipinski definition) is 1. The van der Waals surface area contributed by atoms with Crippen molar-refractivity contribution < 1.29 is 19.4 Å². The summed E-state index contributed by atoms with van der Waals surface area (Å²) in [5, 5.41) is 8.75. The summed E-state index contributed by atoms with van der Waals surface area (Å²) in [6.45, 7) is 4.10. The first-order valence-corrected chi connectivity index (χ1v) is 7.48. The number of aliphatic carboxylic acids is 1. The summed E-state index contributed by atoms with van der Waals surface area (Å²) in [6, 6.07) is 0.549. The predicted octanol–water partition coefficient (Wildman–Crippen LogP) is 0.564. The lowest BCUT2D eigenvalue weighted by Gasteiger charge is -2.27. The van der Waals surface area contributed by atoms with Crippen molar-refractivity contribution >= 4 is 11.9 Å². The minimum Gasteiger partial charge on any atom is -0.481 e. The van der Waals surface area contributed by atoms with Crippen LogP contribution < -0.4 is 0 Å². The van der Waals surface area contributed by atoms with E-state index < -0.39 is 5.97 Å². The molecular formula is C14H24N2O4. The quantitative estimate of drug-likeness (QED) is 0.705. The minimum absolute atomic E-state index is 0.188. The molecule has 1 heterocycles. The molecule has 6 heteroatoms. The third kappa shape index (κ3) is 5.09. The van der Waals surface area contributed by atoms with Gasteiger partial charge in [-0.1, -0.05) is 0 Å². The van der Waals surface area contributed by atoms with Crippen LogP contribution in [0.2, 0.25) is 0 Å².